The van der Waals surface area contributed by atoms with Gasteiger partial charge in [0, 0.05) is 13.0 Å². The van der Waals surface area contributed by atoms with E-state index in [1.807, 2.05) is 0 Å². The average molecular weight is 130 g/mol. The summed E-state index contributed by atoms with van der Waals surface area (Å²) in [6.45, 7) is 3.96. The third-order valence-corrected chi connectivity index (χ3v) is 1.47. The number of rotatable bonds is 2. The average Bonchev–Trinajstić information content (AvgIpc) is 2.15. The maximum atomic E-state index is 12.1. The molecular weight excluding hydrogens is 119 g/mol. The molecule has 0 aliphatic carbocycles. The fraction of sp³-hybridized carbons (Fsp3) is 0.714. The zero-order chi connectivity index (χ0) is 6.69. The predicted molar refractivity (Wildman–Crippen MR) is 33.8 cm³/mol. The van der Waals surface area contributed by atoms with Gasteiger partial charge in [0.15, 0.2) is 0 Å². The molecule has 1 atom stereocenters. The van der Waals surface area contributed by atoms with Gasteiger partial charge in [-0.25, -0.2) is 4.39 Å². The first-order chi connectivity index (χ1) is 4.29. The maximum Gasteiger partial charge on any atom is 0.0953 e. The Kier molecular flexibility index (Phi) is 2.22. The molecule has 0 aromatic heterocycles. The molecule has 9 heavy (non-hydrogen) atoms. The van der Waals surface area contributed by atoms with E-state index in [0.29, 0.717) is 6.42 Å². The number of ether oxygens (including phenoxy) is 1. The zero-order valence-electron chi connectivity index (χ0n) is 5.40. The molecule has 1 aliphatic heterocycles. The quantitative estimate of drug-likeness (QED) is 0.555. The standard InChI is InChI=1S/C7H11FO/c1-6(8)5-7-3-2-4-9-7/h7H,1-5H2. The Morgan fingerprint density at radius 3 is 3.00 bits per heavy atom. The molecule has 0 N–H and O–H groups in total. The second kappa shape index (κ2) is 2.97. The molecule has 0 bridgehead atoms. The molecule has 0 radical (unpaired) electrons. The Hall–Kier alpha value is -0.370. The molecule has 1 nitrogen and oxygen atoms in total. The van der Waals surface area contributed by atoms with Crippen LogP contribution in [0.15, 0.2) is 12.4 Å². The van der Waals surface area contributed by atoms with Crippen molar-refractivity contribution in [3.8, 4) is 0 Å². The maximum absolute atomic E-state index is 12.1. The van der Waals surface area contributed by atoms with E-state index >= 15 is 0 Å². The molecule has 1 rings (SSSR count). The van der Waals surface area contributed by atoms with Gasteiger partial charge in [-0.2, -0.15) is 0 Å². The largest absolute Gasteiger partial charge is 0.378 e. The highest BCUT2D eigenvalue weighted by molar-refractivity contribution is 4.85. The van der Waals surface area contributed by atoms with E-state index in [4.69, 9.17) is 4.74 Å². The van der Waals surface area contributed by atoms with E-state index in [2.05, 4.69) is 6.58 Å². The van der Waals surface area contributed by atoms with Crippen molar-refractivity contribution in [2.24, 2.45) is 0 Å². The van der Waals surface area contributed by atoms with E-state index in [-0.39, 0.29) is 11.9 Å². The lowest BCUT2D eigenvalue weighted by molar-refractivity contribution is 0.107. The van der Waals surface area contributed by atoms with Gasteiger partial charge in [-0.3, -0.25) is 0 Å². The van der Waals surface area contributed by atoms with Gasteiger partial charge in [-0.1, -0.05) is 6.58 Å². The van der Waals surface area contributed by atoms with E-state index < -0.39 is 0 Å². The fourth-order valence-electron chi connectivity index (χ4n) is 1.05. The Morgan fingerprint density at radius 1 is 1.78 bits per heavy atom. The zero-order valence-corrected chi connectivity index (χ0v) is 5.40. The molecule has 1 saturated heterocycles. The Bertz CT molecular complexity index is 105. The molecule has 0 aromatic rings. The Morgan fingerprint density at radius 2 is 2.56 bits per heavy atom. The highest BCUT2D eigenvalue weighted by Gasteiger charge is 2.15. The van der Waals surface area contributed by atoms with Gasteiger partial charge in [0.25, 0.3) is 0 Å². The topological polar surface area (TPSA) is 9.23 Å². The summed E-state index contributed by atoms with van der Waals surface area (Å²) in [4.78, 5) is 0. The predicted octanol–water partition coefficient (Wildman–Crippen LogP) is 2.04. The van der Waals surface area contributed by atoms with Crippen molar-refractivity contribution in [2.75, 3.05) is 6.61 Å². The van der Waals surface area contributed by atoms with Crippen LogP contribution in [0.1, 0.15) is 19.3 Å². The molecule has 0 amide bonds. The minimum Gasteiger partial charge on any atom is -0.378 e. The van der Waals surface area contributed by atoms with Gasteiger partial charge in [0.05, 0.1) is 11.9 Å². The van der Waals surface area contributed by atoms with Crippen molar-refractivity contribution in [2.45, 2.75) is 25.4 Å². The van der Waals surface area contributed by atoms with E-state index in [1.54, 1.807) is 0 Å². The summed E-state index contributed by atoms with van der Waals surface area (Å²) in [7, 11) is 0. The smallest absolute Gasteiger partial charge is 0.0953 e. The van der Waals surface area contributed by atoms with Crippen LogP contribution in [0.5, 0.6) is 0 Å². The van der Waals surface area contributed by atoms with Gasteiger partial charge in [-0.15, -0.1) is 0 Å². The summed E-state index contributed by atoms with van der Waals surface area (Å²) in [5.41, 5.74) is 0. The van der Waals surface area contributed by atoms with E-state index in [0.717, 1.165) is 19.4 Å². The molecule has 0 aromatic carbocycles. The SMILES string of the molecule is C=C(F)CC1CCCO1. The molecular formula is C7H11FO. The van der Waals surface area contributed by atoms with Crippen LogP contribution in [-0.2, 0) is 4.74 Å². The van der Waals surface area contributed by atoms with Gasteiger partial charge in [0.2, 0.25) is 0 Å². The van der Waals surface area contributed by atoms with Crippen molar-refractivity contribution in [1.29, 1.82) is 0 Å². The first kappa shape index (κ1) is 6.75. The fourth-order valence-corrected chi connectivity index (χ4v) is 1.05. The molecule has 0 spiro atoms. The number of hydrogen-bond acceptors (Lipinski definition) is 1. The lowest BCUT2D eigenvalue weighted by Gasteiger charge is -2.04. The van der Waals surface area contributed by atoms with Crippen LogP contribution in [0.3, 0.4) is 0 Å². The van der Waals surface area contributed by atoms with Crippen LogP contribution in [0.2, 0.25) is 0 Å². The lowest BCUT2D eigenvalue weighted by atomic mass is 10.2. The van der Waals surface area contributed by atoms with Gasteiger partial charge >= 0.3 is 0 Å². The van der Waals surface area contributed by atoms with Crippen LogP contribution in [0.25, 0.3) is 0 Å². The second-order valence-electron chi connectivity index (χ2n) is 2.36. The van der Waals surface area contributed by atoms with Crippen LogP contribution in [0.4, 0.5) is 4.39 Å². The van der Waals surface area contributed by atoms with Crippen molar-refractivity contribution in [1.82, 2.24) is 0 Å². The second-order valence-corrected chi connectivity index (χ2v) is 2.36. The van der Waals surface area contributed by atoms with Gasteiger partial charge < -0.3 is 4.74 Å². The monoisotopic (exact) mass is 130 g/mol. The van der Waals surface area contributed by atoms with Crippen molar-refractivity contribution in [3.05, 3.63) is 12.4 Å². The highest BCUT2D eigenvalue weighted by atomic mass is 19.1. The first-order valence-electron chi connectivity index (χ1n) is 3.24. The summed E-state index contributed by atoms with van der Waals surface area (Å²) < 4.78 is 17.2. The summed E-state index contributed by atoms with van der Waals surface area (Å²) in [6, 6.07) is 0. The summed E-state index contributed by atoms with van der Waals surface area (Å²) >= 11 is 0. The highest BCUT2D eigenvalue weighted by Crippen LogP contribution is 2.18. The van der Waals surface area contributed by atoms with Crippen LogP contribution in [0, 0.1) is 0 Å². The minimum atomic E-state index is -0.262. The lowest BCUT2D eigenvalue weighted by Crippen LogP contribution is -2.03. The minimum absolute atomic E-state index is 0.113. The molecule has 2 heteroatoms. The molecule has 52 valence electrons. The molecule has 1 heterocycles. The Labute approximate surface area is 54.5 Å². The molecule has 1 unspecified atom stereocenters. The van der Waals surface area contributed by atoms with Crippen LogP contribution in [-0.4, -0.2) is 12.7 Å². The third-order valence-electron chi connectivity index (χ3n) is 1.47. The van der Waals surface area contributed by atoms with E-state index in [1.165, 1.54) is 0 Å². The van der Waals surface area contributed by atoms with Gasteiger partial charge in [0.1, 0.15) is 0 Å². The number of halogens is 1. The summed E-state index contributed by atoms with van der Waals surface area (Å²) in [5.74, 6) is -0.262. The normalized spacial score (nSPS) is 26.6. The van der Waals surface area contributed by atoms with E-state index in [9.17, 15) is 4.39 Å². The van der Waals surface area contributed by atoms with Crippen molar-refractivity contribution in [3.63, 3.8) is 0 Å². The molecule has 0 saturated carbocycles. The van der Waals surface area contributed by atoms with Crippen molar-refractivity contribution < 1.29 is 9.13 Å². The van der Waals surface area contributed by atoms with Crippen LogP contribution < -0.4 is 0 Å². The molecule has 1 fully saturated rings. The first-order valence-corrected chi connectivity index (χ1v) is 3.24. The third kappa shape index (κ3) is 2.14. The summed E-state index contributed by atoms with van der Waals surface area (Å²) in [6.07, 6.45) is 2.56. The number of hydrogen-bond donors (Lipinski definition) is 0. The summed E-state index contributed by atoms with van der Waals surface area (Å²) in [5, 5.41) is 0. The Balaban J connectivity index is 2.19. The van der Waals surface area contributed by atoms with Gasteiger partial charge in [-0.05, 0) is 12.8 Å². The van der Waals surface area contributed by atoms with Crippen molar-refractivity contribution >= 4 is 0 Å². The molecule has 1 aliphatic rings. The van der Waals surface area contributed by atoms with Crippen LogP contribution >= 0.6 is 0 Å².